The Labute approximate surface area is 99.4 Å². The quantitative estimate of drug-likeness (QED) is 0.816. The van der Waals surface area contributed by atoms with Gasteiger partial charge in [-0.05, 0) is 5.56 Å². The van der Waals surface area contributed by atoms with E-state index in [4.69, 9.17) is 9.84 Å². The molecule has 1 atom stereocenters. The zero-order valence-corrected chi connectivity index (χ0v) is 9.55. The number of carboxylic acids is 1. The maximum atomic E-state index is 11.2. The molecule has 2 N–H and O–H groups in total. The minimum Gasteiger partial charge on any atom is -0.481 e. The lowest BCUT2D eigenvalue weighted by Crippen LogP contribution is -2.31. The van der Waals surface area contributed by atoms with Gasteiger partial charge in [-0.25, -0.2) is 4.79 Å². The Morgan fingerprint density at radius 2 is 2.00 bits per heavy atom. The zero-order chi connectivity index (χ0) is 12.7. The molecule has 0 spiro atoms. The summed E-state index contributed by atoms with van der Waals surface area (Å²) in [6.07, 6.45) is -0.609. The van der Waals surface area contributed by atoms with Gasteiger partial charge in [0.05, 0.1) is 5.92 Å². The third-order valence-corrected chi connectivity index (χ3v) is 2.19. The van der Waals surface area contributed by atoms with Gasteiger partial charge >= 0.3 is 12.1 Å². The van der Waals surface area contributed by atoms with Crippen molar-refractivity contribution < 1.29 is 19.4 Å². The smallest absolute Gasteiger partial charge is 0.407 e. The van der Waals surface area contributed by atoms with Crippen LogP contribution in [0.15, 0.2) is 30.3 Å². The molecule has 1 rings (SSSR count). The van der Waals surface area contributed by atoms with Crippen LogP contribution in [0, 0.1) is 5.92 Å². The Hall–Kier alpha value is -2.04. The van der Waals surface area contributed by atoms with Gasteiger partial charge in [-0.15, -0.1) is 0 Å². The summed E-state index contributed by atoms with van der Waals surface area (Å²) in [6, 6.07) is 9.25. The molecule has 1 aromatic carbocycles. The first-order valence-electron chi connectivity index (χ1n) is 5.27. The maximum absolute atomic E-state index is 11.2. The first-order valence-corrected chi connectivity index (χ1v) is 5.27. The second-order valence-corrected chi connectivity index (χ2v) is 3.68. The molecule has 0 heterocycles. The highest BCUT2D eigenvalue weighted by Crippen LogP contribution is 2.00. The van der Waals surface area contributed by atoms with Crippen LogP contribution in [-0.2, 0) is 16.1 Å². The number of carbonyl (C=O) groups excluding carboxylic acids is 1. The van der Waals surface area contributed by atoms with Gasteiger partial charge < -0.3 is 15.2 Å². The molecule has 0 aromatic heterocycles. The predicted molar refractivity (Wildman–Crippen MR) is 61.4 cm³/mol. The molecular formula is C12H15NO4. The van der Waals surface area contributed by atoms with Crippen molar-refractivity contribution in [2.75, 3.05) is 6.54 Å². The van der Waals surface area contributed by atoms with Crippen molar-refractivity contribution in [3.63, 3.8) is 0 Å². The molecule has 0 saturated carbocycles. The van der Waals surface area contributed by atoms with Gasteiger partial charge in [-0.2, -0.15) is 0 Å². The molecule has 0 bridgehead atoms. The van der Waals surface area contributed by atoms with E-state index in [0.29, 0.717) is 0 Å². The van der Waals surface area contributed by atoms with Crippen LogP contribution in [0.1, 0.15) is 12.5 Å². The number of hydrogen-bond donors (Lipinski definition) is 2. The minimum atomic E-state index is -0.951. The monoisotopic (exact) mass is 237 g/mol. The molecule has 0 fully saturated rings. The zero-order valence-electron chi connectivity index (χ0n) is 9.55. The van der Waals surface area contributed by atoms with E-state index in [1.165, 1.54) is 6.92 Å². The summed E-state index contributed by atoms with van der Waals surface area (Å²) in [5.41, 5.74) is 0.883. The van der Waals surface area contributed by atoms with Gasteiger partial charge in [-0.1, -0.05) is 37.3 Å². The fourth-order valence-corrected chi connectivity index (χ4v) is 1.10. The number of carboxylic acid groups (broad SMARTS) is 1. The maximum Gasteiger partial charge on any atom is 0.407 e. The standard InChI is InChI=1S/C12H15NO4/c1-9(11(14)15)7-13-12(16)17-8-10-5-3-2-4-6-10/h2-6,9H,7-8H2,1H3,(H,13,16)(H,14,15)/t9-/m0/s1. The van der Waals surface area contributed by atoms with Crippen LogP contribution in [0.3, 0.4) is 0 Å². The molecule has 0 aliphatic heterocycles. The molecule has 0 radical (unpaired) electrons. The normalized spacial score (nSPS) is 11.6. The number of hydrogen-bond acceptors (Lipinski definition) is 3. The highest BCUT2D eigenvalue weighted by atomic mass is 16.5. The lowest BCUT2D eigenvalue weighted by Gasteiger charge is -2.09. The van der Waals surface area contributed by atoms with E-state index in [0.717, 1.165) is 5.56 Å². The van der Waals surface area contributed by atoms with E-state index < -0.39 is 18.0 Å². The predicted octanol–water partition coefficient (Wildman–Crippen LogP) is 1.63. The SMILES string of the molecule is C[C@@H](CNC(=O)OCc1ccccc1)C(=O)O. The molecule has 0 aliphatic carbocycles. The average Bonchev–Trinajstić information content (AvgIpc) is 2.34. The summed E-state index contributed by atoms with van der Waals surface area (Å²) < 4.78 is 4.92. The van der Waals surface area contributed by atoms with Crippen LogP contribution in [0.5, 0.6) is 0 Å². The van der Waals surface area contributed by atoms with Crippen molar-refractivity contribution in [2.45, 2.75) is 13.5 Å². The van der Waals surface area contributed by atoms with Crippen LogP contribution in [0.2, 0.25) is 0 Å². The number of ether oxygens (including phenoxy) is 1. The lowest BCUT2D eigenvalue weighted by atomic mass is 10.2. The van der Waals surface area contributed by atoms with Crippen LogP contribution >= 0.6 is 0 Å². The summed E-state index contributed by atoms with van der Waals surface area (Å²) in [5.74, 6) is -1.58. The molecule has 0 saturated heterocycles. The Bertz CT molecular complexity index is 377. The molecule has 1 aromatic rings. The fraction of sp³-hybridized carbons (Fsp3) is 0.333. The van der Waals surface area contributed by atoms with E-state index >= 15 is 0 Å². The van der Waals surface area contributed by atoms with Gasteiger partial charge in [0.25, 0.3) is 0 Å². The first-order chi connectivity index (χ1) is 8.09. The average molecular weight is 237 g/mol. The van der Waals surface area contributed by atoms with Crippen LogP contribution in [0.4, 0.5) is 4.79 Å². The lowest BCUT2D eigenvalue weighted by molar-refractivity contribution is -0.140. The van der Waals surface area contributed by atoms with E-state index in [1.54, 1.807) is 0 Å². The Morgan fingerprint density at radius 3 is 2.59 bits per heavy atom. The van der Waals surface area contributed by atoms with Crippen molar-refractivity contribution in [3.05, 3.63) is 35.9 Å². The van der Waals surface area contributed by atoms with Gasteiger partial charge in [0.1, 0.15) is 6.61 Å². The molecule has 0 unspecified atom stereocenters. The summed E-state index contributed by atoms with van der Waals surface area (Å²) in [6.45, 7) is 1.75. The van der Waals surface area contributed by atoms with Crippen molar-refractivity contribution in [2.24, 2.45) is 5.92 Å². The van der Waals surface area contributed by atoms with Crippen LogP contribution in [0.25, 0.3) is 0 Å². The van der Waals surface area contributed by atoms with Gasteiger partial charge in [-0.3, -0.25) is 4.79 Å². The first kappa shape index (κ1) is 13.0. The van der Waals surface area contributed by atoms with Crippen molar-refractivity contribution in [3.8, 4) is 0 Å². The number of alkyl carbamates (subject to hydrolysis) is 1. The third kappa shape index (κ3) is 5.01. The highest BCUT2D eigenvalue weighted by Gasteiger charge is 2.12. The van der Waals surface area contributed by atoms with Crippen molar-refractivity contribution in [1.82, 2.24) is 5.32 Å². The Morgan fingerprint density at radius 1 is 1.35 bits per heavy atom. The highest BCUT2D eigenvalue weighted by molar-refractivity contribution is 5.72. The number of aliphatic carboxylic acids is 1. The van der Waals surface area contributed by atoms with Crippen LogP contribution in [-0.4, -0.2) is 23.7 Å². The second-order valence-electron chi connectivity index (χ2n) is 3.68. The van der Waals surface area contributed by atoms with Crippen molar-refractivity contribution >= 4 is 12.1 Å². The molecule has 5 nitrogen and oxygen atoms in total. The molecular weight excluding hydrogens is 222 g/mol. The van der Waals surface area contributed by atoms with Crippen molar-refractivity contribution in [1.29, 1.82) is 0 Å². The summed E-state index contributed by atoms with van der Waals surface area (Å²) in [7, 11) is 0. The summed E-state index contributed by atoms with van der Waals surface area (Å²) >= 11 is 0. The second kappa shape index (κ2) is 6.52. The summed E-state index contributed by atoms with van der Waals surface area (Å²) in [4.78, 5) is 21.7. The molecule has 1 amide bonds. The molecule has 92 valence electrons. The molecule has 0 aliphatic rings. The van der Waals surface area contributed by atoms with Gasteiger partial charge in [0.2, 0.25) is 0 Å². The van der Waals surface area contributed by atoms with Crippen LogP contribution < -0.4 is 5.32 Å². The number of carbonyl (C=O) groups is 2. The Kier molecular flexibility index (Phi) is 5.00. The number of amides is 1. The van der Waals surface area contributed by atoms with E-state index in [-0.39, 0.29) is 13.2 Å². The van der Waals surface area contributed by atoms with Gasteiger partial charge in [0, 0.05) is 6.54 Å². The summed E-state index contributed by atoms with van der Waals surface area (Å²) in [5, 5.41) is 11.0. The Balaban J connectivity index is 2.24. The number of rotatable bonds is 5. The largest absolute Gasteiger partial charge is 0.481 e. The van der Waals surface area contributed by atoms with E-state index in [2.05, 4.69) is 5.32 Å². The molecule has 17 heavy (non-hydrogen) atoms. The topological polar surface area (TPSA) is 75.6 Å². The number of nitrogens with one attached hydrogen (secondary N) is 1. The fourth-order valence-electron chi connectivity index (χ4n) is 1.10. The third-order valence-electron chi connectivity index (χ3n) is 2.19. The number of benzene rings is 1. The van der Waals surface area contributed by atoms with E-state index in [1.807, 2.05) is 30.3 Å². The van der Waals surface area contributed by atoms with Gasteiger partial charge in [0.15, 0.2) is 0 Å². The minimum absolute atomic E-state index is 0.0585. The van der Waals surface area contributed by atoms with E-state index in [9.17, 15) is 9.59 Å². The molecule has 5 heteroatoms.